The number of fused-ring (bicyclic) bond motifs is 2. The van der Waals surface area contributed by atoms with E-state index in [9.17, 15) is 8.78 Å². The number of alkyl halides is 2. The molecular weight excluding hydrogens is 478 g/mol. The molecule has 4 heterocycles. The second kappa shape index (κ2) is 9.23. The molecule has 1 atom stereocenters. The summed E-state index contributed by atoms with van der Waals surface area (Å²) >= 11 is 0. The lowest BCUT2D eigenvalue weighted by Crippen LogP contribution is -2.36. The summed E-state index contributed by atoms with van der Waals surface area (Å²) < 4.78 is 35.0. The molecule has 2 aromatic carbocycles. The van der Waals surface area contributed by atoms with E-state index in [1.807, 2.05) is 54.9 Å². The Morgan fingerprint density at radius 1 is 1.05 bits per heavy atom. The van der Waals surface area contributed by atoms with Crippen LogP contribution in [-0.4, -0.2) is 48.5 Å². The lowest BCUT2D eigenvalue weighted by Gasteiger charge is -2.24. The van der Waals surface area contributed by atoms with Gasteiger partial charge in [-0.25, -0.2) is 33.7 Å². The summed E-state index contributed by atoms with van der Waals surface area (Å²) in [5.41, 5.74) is 4.57. The van der Waals surface area contributed by atoms with E-state index < -0.39 is 12.5 Å². The number of nitrogens with one attached hydrogen (secondary N) is 1. The summed E-state index contributed by atoms with van der Waals surface area (Å²) in [6.07, 6.45) is 3.37. The molecule has 0 spiro atoms. The van der Waals surface area contributed by atoms with Crippen LogP contribution in [-0.2, 0) is 7.05 Å². The maximum Gasteiger partial charge on any atom is 0.258 e. The van der Waals surface area contributed by atoms with Crippen LogP contribution in [0.2, 0.25) is 0 Å². The average molecular weight is 503 g/mol. The standard InChI is InChI=1S/C26H24F2N8O/c1-15-10-16(5-8-22(15)37-17-6-7-20-18(11-17)32-14-35(20)2)33-25-23-19(30-13-31-25)12-29-26(34-23)36-9-3-4-21(36)24(27)28/h5-8,10-14,21,24H,3-4,9H2,1-2H3,(H,30,31,33)/t21-/m0/s1. The second-order valence-corrected chi connectivity index (χ2v) is 9.08. The molecule has 1 aliphatic heterocycles. The highest BCUT2D eigenvalue weighted by atomic mass is 19.3. The zero-order valence-corrected chi connectivity index (χ0v) is 20.3. The molecule has 5 aromatic rings. The summed E-state index contributed by atoms with van der Waals surface area (Å²) in [6.45, 7) is 2.45. The molecule has 0 saturated carbocycles. The van der Waals surface area contributed by atoms with Gasteiger partial charge < -0.3 is 19.5 Å². The van der Waals surface area contributed by atoms with Gasteiger partial charge in [0.15, 0.2) is 5.82 Å². The summed E-state index contributed by atoms with van der Waals surface area (Å²) in [7, 11) is 1.95. The molecule has 0 unspecified atom stereocenters. The Kier molecular flexibility index (Phi) is 5.74. The van der Waals surface area contributed by atoms with Crippen LogP contribution >= 0.6 is 0 Å². The fourth-order valence-electron chi connectivity index (χ4n) is 4.66. The summed E-state index contributed by atoms with van der Waals surface area (Å²) in [5.74, 6) is 2.14. The number of benzene rings is 2. The first kappa shape index (κ1) is 23.0. The third kappa shape index (κ3) is 4.37. The minimum absolute atomic E-state index is 0.262. The van der Waals surface area contributed by atoms with E-state index in [0.29, 0.717) is 47.7 Å². The zero-order valence-electron chi connectivity index (χ0n) is 20.3. The Balaban J connectivity index is 1.26. The van der Waals surface area contributed by atoms with Gasteiger partial charge in [-0.1, -0.05) is 0 Å². The predicted molar refractivity (Wildman–Crippen MR) is 137 cm³/mol. The number of hydrogen-bond donors (Lipinski definition) is 1. The van der Waals surface area contributed by atoms with Crippen LogP contribution in [0.5, 0.6) is 11.5 Å². The van der Waals surface area contributed by atoms with E-state index in [2.05, 4.69) is 30.2 Å². The first-order valence-electron chi connectivity index (χ1n) is 12.0. The number of aromatic nitrogens is 6. The Bertz CT molecular complexity index is 1600. The van der Waals surface area contributed by atoms with Crippen LogP contribution in [0.3, 0.4) is 0 Å². The third-order valence-corrected chi connectivity index (χ3v) is 6.57. The van der Waals surface area contributed by atoms with Crippen molar-refractivity contribution in [2.24, 2.45) is 7.05 Å². The fourth-order valence-corrected chi connectivity index (χ4v) is 4.66. The van der Waals surface area contributed by atoms with Gasteiger partial charge in [0.1, 0.15) is 28.9 Å². The van der Waals surface area contributed by atoms with Crippen LogP contribution in [0.4, 0.5) is 26.2 Å². The molecule has 1 fully saturated rings. The molecule has 188 valence electrons. The summed E-state index contributed by atoms with van der Waals surface area (Å²) in [5, 5.41) is 3.28. The fraction of sp³-hybridized carbons (Fsp3) is 0.269. The molecule has 1 N–H and O–H groups in total. The molecule has 1 saturated heterocycles. The number of hydrogen-bond acceptors (Lipinski definition) is 8. The molecule has 0 radical (unpaired) electrons. The smallest absolute Gasteiger partial charge is 0.258 e. The van der Waals surface area contributed by atoms with E-state index in [1.165, 1.54) is 6.33 Å². The van der Waals surface area contributed by atoms with Gasteiger partial charge in [-0.3, -0.25) is 0 Å². The second-order valence-electron chi connectivity index (χ2n) is 9.08. The molecule has 37 heavy (non-hydrogen) atoms. The number of halogens is 2. The Hall–Kier alpha value is -4.41. The van der Waals surface area contributed by atoms with Gasteiger partial charge in [0.05, 0.1) is 29.6 Å². The van der Waals surface area contributed by atoms with Gasteiger partial charge in [0, 0.05) is 25.3 Å². The number of imidazole rings is 1. The van der Waals surface area contributed by atoms with Crippen LogP contribution < -0.4 is 15.0 Å². The molecule has 0 amide bonds. The lowest BCUT2D eigenvalue weighted by molar-refractivity contribution is 0.117. The molecule has 1 aliphatic rings. The Morgan fingerprint density at radius 3 is 2.78 bits per heavy atom. The van der Waals surface area contributed by atoms with Crippen LogP contribution in [0, 0.1) is 6.92 Å². The number of nitrogens with zero attached hydrogens (tertiary/aromatic N) is 7. The van der Waals surface area contributed by atoms with E-state index in [-0.39, 0.29) is 5.95 Å². The maximum absolute atomic E-state index is 13.5. The monoisotopic (exact) mass is 502 g/mol. The van der Waals surface area contributed by atoms with E-state index in [0.717, 1.165) is 22.3 Å². The molecule has 0 aliphatic carbocycles. The van der Waals surface area contributed by atoms with Crippen molar-refractivity contribution in [3.63, 3.8) is 0 Å². The number of anilines is 3. The topological polar surface area (TPSA) is 93.9 Å². The number of ether oxygens (including phenoxy) is 1. The first-order valence-corrected chi connectivity index (χ1v) is 12.0. The van der Waals surface area contributed by atoms with Crippen LogP contribution in [0.1, 0.15) is 18.4 Å². The van der Waals surface area contributed by atoms with Gasteiger partial charge >= 0.3 is 0 Å². The van der Waals surface area contributed by atoms with Crippen LogP contribution in [0.25, 0.3) is 22.1 Å². The van der Waals surface area contributed by atoms with Crippen molar-refractivity contribution in [1.82, 2.24) is 29.5 Å². The van der Waals surface area contributed by atoms with E-state index >= 15 is 0 Å². The molecule has 0 bridgehead atoms. The van der Waals surface area contributed by atoms with E-state index in [4.69, 9.17) is 4.74 Å². The highest BCUT2D eigenvalue weighted by Gasteiger charge is 2.33. The van der Waals surface area contributed by atoms with Crippen molar-refractivity contribution in [2.75, 3.05) is 16.8 Å². The summed E-state index contributed by atoms with van der Waals surface area (Å²) in [6, 6.07) is 10.6. The largest absolute Gasteiger partial charge is 0.457 e. The molecule has 6 rings (SSSR count). The van der Waals surface area contributed by atoms with Crippen molar-refractivity contribution >= 4 is 39.5 Å². The Morgan fingerprint density at radius 2 is 1.95 bits per heavy atom. The number of rotatable bonds is 6. The molecule has 11 heteroatoms. The minimum Gasteiger partial charge on any atom is -0.457 e. The van der Waals surface area contributed by atoms with Crippen molar-refractivity contribution in [1.29, 1.82) is 0 Å². The van der Waals surface area contributed by atoms with Crippen molar-refractivity contribution in [3.8, 4) is 11.5 Å². The van der Waals surface area contributed by atoms with Gasteiger partial charge in [-0.05, 0) is 55.7 Å². The average Bonchev–Trinajstić information content (AvgIpc) is 3.53. The van der Waals surface area contributed by atoms with Gasteiger partial charge in [-0.15, -0.1) is 0 Å². The maximum atomic E-state index is 13.5. The minimum atomic E-state index is -2.46. The van der Waals surface area contributed by atoms with Gasteiger partial charge in [-0.2, -0.15) is 0 Å². The quantitative estimate of drug-likeness (QED) is 0.331. The van der Waals surface area contributed by atoms with Gasteiger partial charge in [0.25, 0.3) is 6.43 Å². The SMILES string of the molecule is Cc1cc(Nc2ncnc3cnc(N4CCC[C@H]4C(F)F)nc23)ccc1Oc1ccc2c(c1)ncn2C. The lowest BCUT2D eigenvalue weighted by atomic mass is 10.2. The number of aryl methyl sites for hydroxylation is 2. The van der Waals surface area contributed by atoms with Crippen molar-refractivity contribution < 1.29 is 13.5 Å². The van der Waals surface area contributed by atoms with Crippen molar-refractivity contribution in [3.05, 3.63) is 60.8 Å². The summed E-state index contributed by atoms with van der Waals surface area (Å²) in [4.78, 5) is 23.4. The van der Waals surface area contributed by atoms with Gasteiger partial charge in [0.2, 0.25) is 5.95 Å². The molecular formula is C26H24F2N8O. The highest BCUT2D eigenvalue weighted by molar-refractivity contribution is 5.87. The third-order valence-electron chi connectivity index (χ3n) is 6.57. The van der Waals surface area contributed by atoms with E-state index in [1.54, 1.807) is 17.4 Å². The highest BCUT2D eigenvalue weighted by Crippen LogP contribution is 2.32. The Labute approximate surface area is 211 Å². The molecule has 9 nitrogen and oxygen atoms in total. The first-order chi connectivity index (χ1) is 18.0. The predicted octanol–water partition coefficient (Wildman–Crippen LogP) is 5.38. The normalized spacial score (nSPS) is 15.7. The zero-order chi connectivity index (χ0) is 25.5. The van der Waals surface area contributed by atoms with Crippen LogP contribution in [0.15, 0.2) is 55.2 Å². The van der Waals surface area contributed by atoms with Crippen molar-refractivity contribution in [2.45, 2.75) is 32.2 Å². The molecule has 3 aromatic heterocycles.